The minimum atomic E-state index is -4.27. The highest BCUT2D eigenvalue weighted by Crippen LogP contribution is 2.38. The number of aryl methyl sites for hydroxylation is 1. The number of aromatic nitrogens is 4. The van der Waals surface area contributed by atoms with Crippen molar-refractivity contribution in [3.8, 4) is 17.3 Å². The van der Waals surface area contributed by atoms with Crippen LogP contribution in [0, 0.1) is 12.8 Å². The molecule has 0 radical (unpaired) electrons. The Labute approximate surface area is 236 Å². The van der Waals surface area contributed by atoms with Crippen LogP contribution in [0.4, 0.5) is 14.6 Å². The fourth-order valence-corrected chi connectivity index (χ4v) is 5.56. The third kappa shape index (κ3) is 5.45. The number of hydrogen-bond donors (Lipinski definition) is 2. The van der Waals surface area contributed by atoms with Crippen LogP contribution in [0.15, 0.2) is 30.3 Å². The van der Waals surface area contributed by atoms with Gasteiger partial charge < -0.3 is 20.4 Å². The number of carbonyl (C=O) groups excluding carboxylic acids is 1. The number of hydrogen-bond acceptors (Lipinski definition) is 7. The highest BCUT2D eigenvalue weighted by atomic mass is 32.2. The van der Waals surface area contributed by atoms with Crippen LogP contribution >= 0.6 is 0 Å². The van der Waals surface area contributed by atoms with Crippen LogP contribution in [0.2, 0.25) is 0 Å². The number of methoxy groups -OCH3 is 1. The first-order chi connectivity index (χ1) is 19.2. The third-order valence-electron chi connectivity index (χ3n) is 7.22. The maximum absolute atomic E-state index is 13.8. The topological polar surface area (TPSA) is 137 Å². The van der Waals surface area contributed by atoms with Crippen molar-refractivity contribution in [2.24, 2.45) is 11.7 Å². The molecule has 1 aliphatic carbocycles. The maximum Gasteiger partial charge on any atom is 0.329 e. The number of pyridine rings is 2. The lowest BCUT2D eigenvalue weighted by Gasteiger charge is -2.24. The molecule has 220 valence electrons. The van der Waals surface area contributed by atoms with E-state index in [1.807, 2.05) is 31.4 Å². The first-order valence-electron chi connectivity index (χ1n) is 13.1. The van der Waals surface area contributed by atoms with E-state index in [2.05, 4.69) is 10.3 Å². The van der Waals surface area contributed by atoms with E-state index in [1.54, 1.807) is 22.6 Å². The molecule has 0 aromatic carbocycles. The minimum absolute atomic E-state index is 0.0140. The molecular weight excluding hydrogens is 556 g/mol. The van der Waals surface area contributed by atoms with Crippen LogP contribution in [0.1, 0.15) is 42.7 Å². The average Bonchev–Trinajstić information content (AvgIpc) is 3.56. The molecule has 1 fully saturated rings. The molecule has 0 spiro atoms. The fraction of sp³-hybridized carbons (Fsp3) is 0.444. The summed E-state index contributed by atoms with van der Waals surface area (Å²) in [4.78, 5) is 22.3. The van der Waals surface area contributed by atoms with E-state index in [1.165, 1.54) is 13.2 Å². The molecule has 3 N–H and O–H groups in total. The number of sulfonamides is 1. The van der Waals surface area contributed by atoms with Crippen LogP contribution in [-0.4, -0.2) is 65.3 Å². The number of carbonyl (C=O) groups is 1. The van der Waals surface area contributed by atoms with E-state index < -0.39 is 22.1 Å². The zero-order valence-corrected chi connectivity index (χ0v) is 24.3. The molecule has 0 bridgehead atoms. The highest BCUT2D eigenvalue weighted by molar-refractivity contribution is 7.92. The Bertz CT molecular complexity index is 1760. The SMILES string of the molecule is COc1cc(C(=O)NC(C)(C)CN)cc2nc(-c3cc4ccc(N(C(F)F)S(C)(=O)=O)nc4n3CC3CC3)c(C)n12. The van der Waals surface area contributed by atoms with E-state index in [-0.39, 0.29) is 22.6 Å². The Morgan fingerprint density at radius 3 is 2.54 bits per heavy atom. The lowest BCUT2D eigenvalue weighted by molar-refractivity contribution is 0.0915. The Morgan fingerprint density at radius 1 is 1.24 bits per heavy atom. The van der Waals surface area contributed by atoms with E-state index in [4.69, 9.17) is 15.5 Å². The van der Waals surface area contributed by atoms with Gasteiger partial charge in [-0.2, -0.15) is 13.1 Å². The van der Waals surface area contributed by atoms with Gasteiger partial charge in [-0.25, -0.2) is 18.4 Å². The van der Waals surface area contributed by atoms with Gasteiger partial charge in [-0.3, -0.25) is 9.20 Å². The molecule has 41 heavy (non-hydrogen) atoms. The van der Waals surface area contributed by atoms with Crippen LogP contribution in [0.25, 0.3) is 28.1 Å². The summed E-state index contributed by atoms with van der Waals surface area (Å²) in [7, 11) is -2.76. The molecule has 0 saturated heterocycles. The van der Waals surface area contributed by atoms with Crippen molar-refractivity contribution < 1.29 is 26.7 Å². The van der Waals surface area contributed by atoms with Gasteiger partial charge in [-0.15, -0.1) is 0 Å². The van der Waals surface area contributed by atoms with Gasteiger partial charge in [0.05, 0.1) is 24.8 Å². The van der Waals surface area contributed by atoms with Crippen LogP contribution in [0.5, 0.6) is 5.88 Å². The summed E-state index contributed by atoms with van der Waals surface area (Å²) in [5.74, 6) is 0.100. The lowest BCUT2D eigenvalue weighted by atomic mass is 10.1. The van der Waals surface area contributed by atoms with Gasteiger partial charge in [0.2, 0.25) is 10.0 Å². The number of imidazole rings is 1. The number of ether oxygens (including phenoxy) is 1. The molecule has 4 heterocycles. The zero-order valence-electron chi connectivity index (χ0n) is 23.5. The van der Waals surface area contributed by atoms with Crippen LogP contribution in [-0.2, 0) is 16.6 Å². The molecule has 14 heteroatoms. The Balaban J connectivity index is 1.67. The largest absolute Gasteiger partial charge is 0.482 e. The molecule has 1 amide bonds. The van der Waals surface area contributed by atoms with Crippen molar-refractivity contribution in [3.63, 3.8) is 0 Å². The number of nitrogens with one attached hydrogen (secondary N) is 1. The average molecular weight is 590 g/mol. The van der Waals surface area contributed by atoms with E-state index >= 15 is 0 Å². The first-order valence-corrected chi connectivity index (χ1v) is 15.0. The highest BCUT2D eigenvalue weighted by Gasteiger charge is 2.31. The van der Waals surface area contributed by atoms with Crippen LogP contribution < -0.4 is 20.1 Å². The summed E-state index contributed by atoms with van der Waals surface area (Å²) in [6.07, 6.45) is 2.75. The van der Waals surface area contributed by atoms with Crippen molar-refractivity contribution in [3.05, 3.63) is 41.6 Å². The van der Waals surface area contributed by atoms with E-state index in [9.17, 15) is 22.0 Å². The number of alkyl halides is 2. The van der Waals surface area contributed by atoms with Crippen molar-refractivity contribution in [1.82, 2.24) is 24.3 Å². The van der Waals surface area contributed by atoms with Crippen molar-refractivity contribution in [1.29, 1.82) is 0 Å². The second kappa shape index (κ2) is 10.2. The Hall–Kier alpha value is -3.78. The molecule has 0 unspecified atom stereocenters. The predicted molar refractivity (Wildman–Crippen MR) is 152 cm³/mol. The van der Waals surface area contributed by atoms with Gasteiger partial charge in [-0.1, -0.05) is 0 Å². The van der Waals surface area contributed by atoms with Crippen molar-refractivity contribution in [2.75, 3.05) is 24.2 Å². The number of amides is 1. The second-order valence-corrected chi connectivity index (χ2v) is 12.9. The van der Waals surface area contributed by atoms with Crippen LogP contribution in [0.3, 0.4) is 0 Å². The first kappa shape index (κ1) is 28.7. The molecule has 1 saturated carbocycles. The summed E-state index contributed by atoms with van der Waals surface area (Å²) >= 11 is 0. The van der Waals surface area contributed by atoms with Gasteiger partial charge in [0.15, 0.2) is 5.88 Å². The number of nitrogens with zero attached hydrogens (tertiary/aromatic N) is 5. The number of anilines is 1. The second-order valence-electron chi connectivity index (χ2n) is 11.1. The van der Waals surface area contributed by atoms with Gasteiger partial charge in [0.1, 0.15) is 22.8 Å². The molecule has 0 atom stereocenters. The molecule has 11 nitrogen and oxygen atoms in total. The quantitative estimate of drug-likeness (QED) is 0.270. The summed E-state index contributed by atoms with van der Waals surface area (Å²) in [6.45, 7) is 3.06. The smallest absolute Gasteiger partial charge is 0.329 e. The molecule has 4 aromatic heterocycles. The van der Waals surface area contributed by atoms with Gasteiger partial charge in [0, 0.05) is 35.6 Å². The monoisotopic (exact) mass is 589 g/mol. The standard InChI is InChI=1S/C27H33F2N7O4S/c1-15-23(31-21-11-18(12-22(40-4)35(15)21)25(37)33-27(2,3)14-30)19-10-17-8-9-20(36(26(28)29)41(5,38)39)32-24(17)34(19)13-16-6-7-16/h8-12,16,26H,6-7,13-14,30H2,1-5H3,(H,33,37). The molecular formula is C27H33F2N7O4S. The number of rotatable bonds is 10. The zero-order chi connectivity index (χ0) is 29.9. The molecule has 0 aliphatic heterocycles. The normalized spacial score (nSPS) is 14.3. The number of nitrogens with two attached hydrogens (primary N) is 1. The Kier molecular flexibility index (Phi) is 7.18. The van der Waals surface area contributed by atoms with Crippen molar-refractivity contribution >= 4 is 38.4 Å². The predicted octanol–water partition coefficient (Wildman–Crippen LogP) is 3.53. The van der Waals surface area contributed by atoms with Gasteiger partial charge >= 0.3 is 6.55 Å². The summed E-state index contributed by atoms with van der Waals surface area (Å²) in [5.41, 5.74) is 8.40. The van der Waals surface area contributed by atoms with Gasteiger partial charge in [0.25, 0.3) is 5.91 Å². The fourth-order valence-electron chi connectivity index (χ4n) is 4.83. The van der Waals surface area contributed by atoms with E-state index in [0.29, 0.717) is 52.0 Å². The number of halogens is 2. The summed E-state index contributed by atoms with van der Waals surface area (Å²) < 4.78 is 61.1. The molecule has 4 aromatic rings. The van der Waals surface area contributed by atoms with Crippen molar-refractivity contribution in [2.45, 2.75) is 52.2 Å². The molecule has 5 rings (SSSR count). The van der Waals surface area contributed by atoms with Gasteiger partial charge in [-0.05, 0) is 63.8 Å². The summed E-state index contributed by atoms with van der Waals surface area (Å²) in [6, 6.07) is 8.01. The molecule has 1 aliphatic rings. The Morgan fingerprint density at radius 2 is 1.95 bits per heavy atom. The lowest BCUT2D eigenvalue weighted by Crippen LogP contribution is -2.48. The maximum atomic E-state index is 13.8. The third-order valence-corrected chi connectivity index (χ3v) is 8.28. The minimum Gasteiger partial charge on any atom is -0.482 e. The number of fused-ring (bicyclic) bond motifs is 2. The van der Waals surface area contributed by atoms with E-state index in [0.717, 1.165) is 24.8 Å². The summed E-state index contributed by atoms with van der Waals surface area (Å²) in [5, 5.41) is 3.56.